The van der Waals surface area contributed by atoms with Crippen LogP contribution in [0.15, 0.2) is 0 Å². The summed E-state index contributed by atoms with van der Waals surface area (Å²) in [7, 11) is 0. The standard InChI is InChI=1S/C9H23N3/c1-4-9(2,3)7-12-6-8(11)5-10/h8,12H,4-7,10-11H2,1-3H3. The van der Waals surface area contributed by atoms with E-state index in [1.54, 1.807) is 0 Å². The van der Waals surface area contributed by atoms with Crippen molar-refractivity contribution in [2.24, 2.45) is 16.9 Å². The van der Waals surface area contributed by atoms with Gasteiger partial charge in [-0.3, -0.25) is 0 Å². The van der Waals surface area contributed by atoms with Crippen LogP contribution in [0.2, 0.25) is 0 Å². The first kappa shape index (κ1) is 11.9. The molecule has 74 valence electrons. The predicted octanol–water partition coefficient (Wildman–Crippen LogP) is 0.298. The molecular formula is C9H23N3. The van der Waals surface area contributed by atoms with Gasteiger partial charge in [0.15, 0.2) is 0 Å². The molecule has 0 aliphatic rings. The molecule has 0 aromatic rings. The Bertz CT molecular complexity index is 112. The SMILES string of the molecule is CCC(C)(C)CNCC(N)CN. The van der Waals surface area contributed by atoms with Gasteiger partial charge in [0.25, 0.3) is 0 Å². The van der Waals surface area contributed by atoms with Crippen LogP contribution in [0.3, 0.4) is 0 Å². The minimum atomic E-state index is 0.0951. The third kappa shape index (κ3) is 5.52. The van der Waals surface area contributed by atoms with Crippen LogP contribution < -0.4 is 16.8 Å². The highest BCUT2D eigenvalue weighted by Gasteiger charge is 2.14. The van der Waals surface area contributed by atoms with Gasteiger partial charge in [-0.1, -0.05) is 20.8 Å². The zero-order chi connectivity index (χ0) is 9.61. The van der Waals surface area contributed by atoms with Crippen molar-refractivity contribution in [3.05, 3.63) is 0 Å². The molecule has 0 aliphatic heterocycles. The maximum atomic E-state index is 5.66. The molecule has 12 heavy (non-hydrogen) atoms. The molecule has 0 aliphatic carbocycles. The van der Waals surface area contributed by atoms with E-state index >= 15 is 0 Å². The van der Waals surface area contributed by atoms with E-state index in [1.165, 1.54) is 6.42 Å². The first-order valence-corrected chi connectivity index (χ1v) is 4.68. The molecular weight excluding hydrogens is 150 g/mol. The summed E-state index contributed by atoms with van der Waals surface area (Å²) in [4.78, 5) is 0. The van der Waals surface area contributed by atoms with Crippen molar-refractivity contribution in [3.63, 3.8) is 0 Å². The van der Waals surface area contributed by atoms with Gasteiger partial charge in [0.05, 0.1) is 0 Å². The monoisotopic (exact) mass is 173 g/mol. The molecule has 5 N–H and O–H groups in total. The quantitative estimate of drug-likeness (QED) is 0.541. The number of nitrogens with two attached hydrogens (primary N) is 2. The Morgan fingerprint density at radius 3 is 2.42 bits per heavy atom. The highest BCUT2D eigenvalue weighted by atomic mass is 14.9. The molecule has 0 heterocycles. The maximum Gasteiger partial charge on any atom is 0.0290 e. The molecule has 0 rings (SSSR count). The van der Waals surface area contributed by atoms with Crippen LogP contribution in [-0.2, 0) is 0 Å². The maximum absolute atomic E-state index is 5.66. The molecule has 3 heteroatoms. The van der Waals surface area contributed by atoms with E-state index < -0.39 is 0 Å². The molecule has 0 fully saturated rings. The molecule has 1 atom stereocenters. The zero-order valence-electron chi connectivity index (χ0n) is 8.56. The van der Waals surface area contributed by atoms with E-state index in [9.17, 15) is 0 Å². The lowest BCUT2D eigenvalue weighted by Crippen LogP contribution is -2.42. The Labute approximate surface area is 75.9 Å². The van der Waals surface area contributed by atoms with Gasteiger partial charge in [-0.05, 0) is 11.8 Å². The summed E-state index contributed by atoms with van der Waals surface area (Å²) < 4.78 is 0. The van der Waals surface area contributed by atoms with Gasteiger partial charge in [-0.15, -0.1) is 0 Å². The number of rotatable bonds is 6. The number of hydrogen-bond acceptors (Lipinski definition) is 3. The van der Waals surface area contributed by atoms with Gasteiger partial charge in [-0.25, -0.2) is 0 Å². The normalized spacial score (nSPS) is 14.8. The summed E-state index contributed by atoms with van der Waals surface area (Å²) in [5, 5.41) is 3.32. The summed E-state index contributed by atoms with van der Waals surface area (Å²) in [6.07, 6.45) is 1.18. The van der Waals surface area contributed by atoms with Crippen LogP contribution in [0.25, 0.3) is 0 Å². The van der Waals surface area contributed by atoms with E-state index in [2.05, 4.69) is 26.1 Å². The van der Waals surface area contributed by atoms with Crippen molar-refractivity contribution in [2.45, 2.75) is 33.2 Å². The second-order valence-corrected chi connectivity index (χ2v) is 4.14. The molecule has 0 amide bonds. The molecule has 0 saturated carbocycles. The van der Waals surface area contributed by atoms with Gasteiger partial charge in [0, 0.05) is 25.7 Å². The van der Waals surface area contributed by atoms with E-state index in [-0.39, 0.29) is 6.04 Å². The molecule has 0 aromatic heterocycles. The zero-order valence-corrected chi connectivity index (χ0v) is 8.56. The van der Waals surface area contributed by atoms with Gasteiger partial charge in [0.1, 0.15) is 0 Å². The van der Waals surface area contributed by atoms with Crippen LogP contribution in [0.5, 0.6) is 0 Å². The third-order valence-electron chi connectivity index (χ3n) is 2.27. The largest absolute Gasteiger partial charge is 0.329 e. The summed E-state index contributed by atoms with van der Waals surface area (Å²) >= 11 is 0. The third-order valence-corrected chi connectivity index (χ3v) is 2.27. The summed E-state index contributed by atoms with van der Waals surface area (Å²) in [6.45, 7) is 9.07. The Morgan fingerprint density at radius 1 is 1.42 bits per heavy atom. The van der Waals surface area contributed by atoms with E-state index in [0.717, 1.165) is 13.1 Å². The second kappa shape index (κ2) is 5.51. The first-order chi connectivity index (χ1) is 5.52. The van der Waals surface area contributed by atoms with Crippen molar-refractivity contribution in [3.8, 4) is 0 Å². The van der Waals surface area contributed by atoms with E-state index in [0.29, 0.717) is 12.0 Å². The van der Waals surface area contributed by atoms with Crippen molar-refractivity contribution < 1.29 is 0 Å². The smallest absolute Gasteiger partial charge is 0.0290 e. The summed E-state index contributed by atoms with van der Waals surface area (Å²) in [5.41, 5.74) is 11.4. The average Bonchev–Trinajstić information content (AvgIpc) is 2.04. The van der Waals surface area contributed by atoms with Crippen molar-refractivity contribution in [1.82, 2.24) is 5.32 Å². The molecule has 0 saturated heterocycles. The highest BCUT2D eigenvalue weighted by molar-refractivity contribution is 4.72. The minimum Gasteiger partial charge on any atom is -0.329 e. The molecule has 0 spiro atoms. The van der Waals surface area contributed by atoms with Gasteiger partial charge < -0.3 is 16.8 Å². The van der Waals surface area contributed by atoms with Gasteiger partial charge in [0.2, 0.25) is 0 Å². The van der Waals surface area contributed by atoms with Crippen LogP contribution in [0, 0.1) is 5.41 Å². The summed E-state index contributed by atoms with van der Waals surface area (Å²) in [6, 6.07) is 0.0951. The van der Waals surface area contributed by atoms with Crippen LogP contribution in [0.4, 0.5) is 0 Å². The lowest BCUT2D eigenvalue weighted by molar-refractivity contribution is 0.325. The van der Waals surface area contributed by atoms with E-state index in [1.807, 2.05) is 0 Å². The second-order valence-electron chi connectivity index (χ2n) is 4.14. The first-order valence-electron chi connectivity index (χ1n) is 4.68. The predicted molar refractivity (Wildman–Crippen MR) is 54.0 cm³/mol. The molecule has 0 bridgehead atoms. The molecule has 1 unspecified atom stereocenters. The van der Waals surface area contributed by atoms with Gasteiger partial charge >= 0.3 is 0 Å². The lowest BCUT2D eigenvalue weighted by atomic mass is 9.90. The van der Waals surface area contributed by atoms with Crippen molar-refractivity contribution in [1.29, 1.82) is 0 Å². The highest BCUT2D eigenvalue weighted by Crippen LogP contribution is 2.17. The fourth-order valence-corrected chi connectivity index (χ4v) is 0.804. The van der Waals surface area contributed by atoms with Crippen LogP contribution in [-0.4, -0.2) is 25.7 Å². The fraction of sp³-hybridized carbons (Fsp3) is 1.00. The Morgan fingerprint density at radius 2 is 2.00 bits per heavy atom. The lowest BCUT2D eigenvalue weighted by Gasteiger charge is -2.23. The van der Waals surface area contributed by atoms with Crippen molar-refractivity contribution >= 4 is 0 Å². The van der Waals surface area contributed by atoms with Crippen LogP contribution >= 0.6 is 0 Å². The molecule has 0 radical (unpaired) electrons. The summed E-state index contributed by atoms with van der Waals surface area (Å²) in [5.74, 6) is 0. The fourth-order valence-electron chi connectivity index (χ4n) is 0.804. The Kier molecular flexibility index (Phi) is 5.46. The molecule has 3 nitrogen and oxygen atoms in total. The number of nitrogens with one attached hydrogen (secondary N) is 1. The Hall–Kier alpha value is -0.120. The van der Waals surface area contributed by atoms with Crippen molar-refractivity contribution in [2.75, 3.05) is 19.6 Å². The topological polar surface area (TPSA) is 64.1 Å². The van der Waals surface area contributed by atoms with Gasteiger partial charge in [-0.2, -0.15) is 0 Å². The Balaban J connectivity index is 3.42. The van der Waals surface area contributed by atoms with E-state index in [4.69, 9.17) is 11.5 Å². The average molecular weight is 173 g/mol. The minimum absolute atomic E-state index is 0.0951. The molecule has 0 aromatic carbocycles. The van der Waals surface area contributed by atoms with Crippen LogP contribution in [0.1, 0.15) is 27.2 Å². The number of hydrogen-bond donors (Lipinski definition) is 3.